The van der Waals surface area contributed by atoms with Gasteiger partial charge in [-0.25, -0.2) is 0 Å². The lowest BCUT2D eigenvalue weighted by Gasteiger charge is -2.17. The van der Waals surface area contributed by atoms with Crippen LogP contribution in [-0.2, 0) is 0 Å². The predicted molar refractivity (Wildman–Crippen MR) is 89.5 cm³/mol. The molecule has 3 rings (SSSR count). The number of amides is 2. The van der Waals surface area contributed by atoms with E-state index in [1.54, 1.807) is 30.3 Å². The second-order valence-electron chi connectivity index (χ2n) is 5.77. The summed E-state index contributed by atoms with van der Waals surface area (Å²) in [5.41, 5.74) is 0.900. The average molecular weight is 325 g/mol. The van der Waals surface area contributed by atoms with E-state index in [-0.39, 0.29) is 31.1 Å². The lowest BCUT2D eigenvalue weighted by molar-refractivity contribution is 0.0630. The monoisotopic (exact) mass is 325 g/mol. The first kappa shape index (κ1) is 16.1. The van der Waals surface area contributed by atoms with Crippen molar-refractivity contribution >= 4 is 11.8 Å². The van der Waals surface area contributed by atoms with Crippen molar-refractivity contribution in [2.75, 3.05) is 13.2 Å². The first-order valence-electron chi connectivity index (χ1n) is 7.91. The largest absolute Gasteiger partial charge is 0.488 e. The highest BCUT2D eigenvalue weighted by molar-refractivity contribution is 6.21. The van der Waals surface area contributed by atoms with Crippen LogP contribution in [-0.4, -0.2) is 36.0 Å². The molecule has 0 N–H and O–H groups in total. The Hall–Kier alpha value is -2.82. The third kappa shape index (κ3) is 3.11. The number of para-hydroxylation sites is 2. The molecule has 5 nitrogen and oxygen atoms in total. The lowest BCUT2D eigenvalue weighted by atomic mass is 10.1. The van der Waals surface area contributed by atoms with E-state index in [2.05, 4.69) is 0 Å². The molecule has 2 aromatic rings. The Labute approximate surface area is 140 Å². The zero-order valence-corrected chi connectivity index (χ0v) is 13.7. The summed E-state index contributed by atoms with van der Waals surface area (Å²) in [7, 11) is 0. The third-order valence-corrected chi connectivity index (χ3v) is 3.66. The zero-order valence-electron chi connectivity index (χ0n) is 13.7. The van der Waals surface area contributed by atoms with Gasteiger partial charge in [0.25, 0.3) is 11.8 Å². The highest BCUT2D eigenvalue weighted by Crippen LogP contribution is 2.28. The Balaban J connectivity index is 1.64. The molecule has 0 radical (unpaired) electrons. The van der Waals surface area contributed by atoms with Gasteiger partial charge in [0.1, 0.15) is 6.61 Å². The van der Waals surface area contributed by atoms with Crippen LogP contribution in [0.2, 0.25) is 0 Å². The number of benzene rings is 2. The van der Waals surface area contributed by atoms with Crippen LogP contribution in [0.1, 0.15) is 34.6 Å². The van der Waals surface area contributed by atoms with E-state index < -0.39 is 0 Å². The number of fused-ring (bicyclic) bond motifs is 1. The van der Waals surface area contributed by atoms with Crippen LogP contribution in [0, 0.1) is 0 Å². The number of hydrogen-bond acceptors (Lipinski definition) is 4. The van der Waals surface area contributed by atoms with E-state index in [9.17, 15) is 9.59 Å². The van der Waals surface area contributed by atoms with Gasteiger partial charge in [0, 0.05) is 0 Å². The van der Waals surface area contributed by atoms with Gasteiger partial charge in [-0.15, -0.1) is 0 Å². The molecule has 1 aliphatic rings. The van der Waals surface area contributed by atoms with Crippen LogP contribution < -0.4 is 9.47 Å². The fraction of sp³-hybridized carbons (Fsp3) is 0.263. The Bertz CT molecular complexity index is 734. The molecule has 0 saturated carbocycles. The molecule has 0 fully saturated rings. The number of imide groups is 1. The van der Waals surface area contributed by atoms with E-state index in [1.165, 1.54) is 4.90 Å². The van der Waals surface area contributed by atoms with Gasteiger partial charge in [-0.05, 0) is 38.1 Å². The van der Waals surface area contributed by atoms with Gasteiger partial charge in [-0.2, -0.15) is 0 Å². The Morgan fingerprint density at radius 3 is 2.00 bits per heavy atom. The van der Waals surface area contributed by atoms with Crippen molar-refractivity contribution < 1.29 is 19.1 Å². The summed E-state index contributed by atoms with van der Waals surface area (Å²) in [4.78, 5) is 25.8. The Morgan fingerprint density at radius 1 is 0.875 bits per heavy atom. The molecule has 0 aliphatic carbocycles. The molecule has 2 amide bonds. The molecule has 0 unspecified atom stereocenters. The van der Waals surface area contributed by atoms with Crippen LogP contribution in [0.5, 0.6) is 11.5 Å². The summed E-state index contributed by atoms with van der Waals surface area (Å²) in [6.07, 6.45) is 0.0333. The van der Waals surface area contributed by atoms with Crippen LogP contribution in [0.4, 0.5) is 0 Å². The maximum Gasteiger partial charge on any atom is 0.261 e. The Morgan fingerprint density at radius 2 is 1.42 bits per heavy atom. The van der Waals surface area contributed by atoms with E-state index in [4.69, 9.17) is 9.47 Å². The van der Waals surface area contributed by atoms with Crippen LogP contribution in [0.15, 0.2) is 48.5 Å². The number of carbonyl (C=O) groups excluding carboxylic acids is 2. The first-order valence-corrected chi connectivity index (χ1v) is 7.91. The number of hydrogen-bond donors (Lipinski definition) is 0. The SMILES string of the molecule is CC(C)Oc1ccccc1OCCN1C(=O)c2ccccc2C1=O. The summed E-state index contributed by atoms with van der Waals surface area (Å²) in [5.74, 6) is 0.703. The lowest BCUT2D eigenvalue weighted by Crippen LogP contribution is -2.33. The number of rotatable bonds is 6. The fourth-order valence-electron chi connectivity index (χ4n) is 2.61. The molecule has 2 aromatic carbocycles. The summed E-state index contributed by atoms with van der Waals surface area (Å²) in [6, 6.07) is 14.2. The van der Waals surface area contributed by atoms with Crippen LogP contribution >= 0.6 is 0 Å². The standard InChI is InChI=1S/C19H19NO4/c1-13(2)24-17-10-6-5-9-16(17)23-12-11-20-18(21)14-7-3-4-8-15(14)19(20)22/h3-10,13H,11-12H2,1-2H3. The molecule has 24 heavy (non-hydrogen) atoms. The summed E-state index contributed by atoms with van der Waals surface area (Å²) in [6.45, 7) is 4.29. The predicted octanol–water partition coefficient (Wildman–Crippen LogP) is 3.15. The van der Waals surface area contributed by atoms with Crippen molar-refractivity contribution in [2.45, 2.75) is 20.0 Å². The summed E-state index contributed by atoms with van der Waals surface area (Å²) < 4.78 is 11.4. The van der Waals surface area contributed by atoms with Crippen molar-refractivity contribution in [2.24, 2.45) is 0 Å². The average Bonchev–Trinajstić information content (AvgIpc) is 2.81. The molecule has 0 spiro atoms. The zero-order chi connectivity index (χ0) is 17.1. The van der Waals surface area contributed by atoms with E-state index in [0.29, 0.717) is 22.6 Å². The first-order chi connectivity index (χ1) is 11.6. The molecule has 1 aliphatic heterocycles. The van der Waals surface area contributed by atoms with Gasteiger partial charge in [-0.3, -0.25) is 14.5 Å². The highest BCUT2D eigenvalue weighted by atomic mass is 16.5. The van der Waals surface area contributed by atoms with Gasteiger partial charge in [-0.1, -0.05) is 24.3 Å². The van der Waals surface area contributed by atoms with Crippen molar-refractivity contribution in [3.63, 3.8) is 0 Å². The molecule has 0 aromatic heterocycles. The van der Waals surface area contributed by atoms with Gasteiger partial charge in [0.15, 0.2) is 11.5 Å². The molecule has 1 heterocycles. The summed E-state index contributed by atoms with van der Waals surface area (Å²) in [5, 5.41) is 0. The second-order valence-corrected chi connectivity index (χ2v) is 5.77. The Kier molecular flexibility index (Phi) is 4.51. The third-order valence-electron chi connectivity index (χ3n) is 3.66. The topological polar surface area (TPSA) is 55.8 Å². The molecule has 0 atom stereocenters. The maximum absolute atomic E-state index is 12.3. The van der Waals surface area contributed by atoms with Gasteiger partial charge in [0.05, 0.1) is 23.8 Å². The molecule has 5 heteroatoms. The number of nitrogens with zero attached hydrogens (tertiary/aromatic N) is 1. The normalized spacial score (nSPS) is 13.4. The van der Waals surface area contributed by atoms with Gasteiger partial charge in [0.2, 0.25) is 0 Å². The van der Waals surface area contributed by atoms with Crippen LogP contribution in [0.3, 0.4) is 0 Å². The fourth-order valence-corrected chi connectivity index (χ4v) is 2.61. The quantitative estimate of drug-likeness (QED) is 0.766. The van der Waals surface area contributed by atoms with E-state index >= 15 is 0 Å². The van der Waals surface area contributed by atoms with Gasteiger partial charge < -0.3 is 9.47 Å². The molecular formula is C19H19NO4. The smallest absolute Gasteiger partial charge is 0.261 e. The number of ether oxygens (including phenoxy) is 2. The maximum atomic E-state index is 12.3. The minimum atomic E-state index is -0.272. The molecular weight excluding hydrogens is 306 g/mol. The van der Waals surface area contributed by atoms with E-state index in [0.717, 1.165) is 0 Å². The van der Waals surface area contributed by atoms with Crippen molar-refractivity contribution in [3.8, 4) is 11.5 Å². The van der Waals surface area contributed by atoms with E-state index in [1.807, 2.05) is 32.0 Å². The van der Waals surface area contributed by atoms with Crippen molar-refractivity contribution in [1.29, 1.82) is 0 Å². The second kappa shape index (κ2) is 6.74. The molecule has 124 valence electrons. The molecule has 0 bridgehead atoms. The highest BCUT2D eigenvalue weighted by Gasteiger charge is 2.34. The summed E-state index contributed by atoms with van der Waals surface area (Å²) >= 11 is 0. The van der Waals surface area contributed by atoms with Crippen molar-refractivity contribution in [3.05, 3.63) is 59.7 Å². The minimum absolute atomic E-state index is 0.0333. The van der Waals surface area contributed by atoms with Crippen LogP contribution in [0.25, 0.3) is 0 Å². The molecule has 0 saturated heterocycles. The minimum Gasteiger partial charge on any atom is -0.488 e. The van der Waals surface area contributed by atoms with Crippen molar-refractivity contribution in [1.82, 2.24) is 4.90 Å². The number of carbonyl (C=O) groups is 2. The van der Waals surface area contributed by atoms with Gasteiger partial charge >= 0.3 is 0 Å².